The lowest BCUT2D eigenvalue weighted by Crippen LogP contribution is -2.49. The minimum atomic E-state index is -0.0599. The van der Waals surface area contributed by atoms with E-state index in [1.54, 1.807) is 17.2 Å². The molecule has 1 aliphatic heterocycles. The molecule has 4 nitrogen and oxygen atoms in total. The molecule has 5 heteroatoms. The molecule has 76 valence electrons. The molecule has 0 atom stereocenters. The summed E-state index contributed by atoms with van der Waals surface area (Å²) in [5, 5.41) is 8.59. The van der Waals surface area contributed by atoms with Crippen LogP contribution in [0.2, 0.25) is 0 Å². The van der Waals surface area contributed by atoms with Crippen LogP contribution in [-0.2, 0) is 0 Å². The molecule has 0 aliphatic carbocycles. The molecule has 1 aromatic rings. The number of amides is 1. The maximum Gasteiger partial charge on any atom is 0.255 e. The SMILES string of the molecule is N#CC1CN(C(=O)c2cncc(Br)c2)C1. The van der Waals surface area contributed by atoms with Crippen LogP contribution in [-0.4, -0.2) is 28.9 Å². The highest BCUT2D eigenvalue weighted by atomic mass is 79.9. The van der Waals surface area contributed by atoms with Gasteiger partial charge in [-0.2, -0.15) is 5.26 Å². The first kappa shape index (κ1) is 10.1. The highest BCUT2D eigenvalue weighted by Crippen LogP contribution is 2.18. The Hall–Kier alpha value is -1.41. The molecule has 0 saturated carbocycles. The predicted octanol–water partition coefficient (Wildman–Crippen LogP) is 1.44. The van der Waals surface area contributed by atoms with Crippen molar-refractivity contribution in [2.75, 3.05) is 13.1 Å². The third-order valence-corrected chi connectivity index (χ3v) is 2.74. The van der Waals surface area contributed by atoms with E-state index in [1.165, 1.54) is 6.20 Å². The van der Waals surface area contributed by atoms with Gasteiger partial charge in [0.15, 0.2) is 0 Å². The second-order valence-corrected chi connectivity index (χ2v) is 4.34. The first-order valence-electron chi connectivity index (χ1n) is 4.50. The van der Waals surface area contributed by atoms with Gasteiger partial charge >= 0.3 is 0 Å². The summed E-state index contributed by atoms with van der Waals surface area (Å²) >= 11 is 3.26. The highest BCUT2D eigenvalue weighted by molar-refractivity contribution is 9.10. The number of hydrogen-bond acceptors (Lipinski definition) is 3. The maximum absolute atomic E-state index is 11.8. The Labute approximate surface area is 95.7 Å². The van der Waals surface area contributed by atoms with Crippen molar-refractivity contribution >= 4 is 21.8 Å². The second kappa shape index (κ2) is 3.99. The quantitative estimate of drug-likeness (QED) is 0.772. The average molecular weight is 266 g/mol. The number of aromatic nitrogens is 1. The van der Waals surface area contributed by atoms with Gasteiger partial charge in [0.2, 0.25) is 0 Å². The first-order chi connectivity index (χ1) is 7.20. The summed E-state index contributed by atoms with van der Waals surface area (Å²) in [6, 6.07) is 3.86. The number of carbonyl (C=O) groups is 1. The molecule has 1 saturated heterocycles. The van der Waals surface area contributed by atoms with Crippen LogP contribution in [0.4, 0.5) is 0 Å². The Morgan fingerprint density at radius 1 is 1.60 bits per heavy atom. The van der Waals surface area contributed by atoms with Crippen LogP contribution in [0.1, 0.15) is 10.4 Å². The largest absolute Gasteiger partial charge is 0.336 e. The van der Waals surface area contributed by atoms with Gasteiger partial charge in [0.1, 0.15) is 0 Å². The van der Waals surface area contributed by atoms with Crippen molar-refractivity contribution < 1.29 is 4.79 Å². The van der Waals surface area contributed by atoms with Gasteiger partial charge in [-0.1, -0.05) is 0 Å². The number of carbonyl (C=O) groups excluding carboxylic acids is 1. The van der Waals surface area contributed by atoms with E-state index in [9.17, 15) is 4.79 Å². The van der Waals surface area contributed by atoms with Crippen LogP contribution in [0.3, 0.4) is 0 Å². The zero-order valence-corrected chi connectivity index (χ0v) is 9.44. The minimum absolute atomic E-state index is 0.00550. The molecule has 0 N–H and O–H groups in total. The van der Waals surface area contributed by atoms with Gasteiger partial charge in [-0.3, -0.25) is 9.78 Å². The van der Waals surface area contributed by atoms with Crippen LogP contribution in [0.15, 0.2) is 22.9 Å². The number of hydrogen-bond donors (Lipinski definition) is 0. The van der Waals surface area contributed by atoms with E-state index >= 15 is 0 Å². The Morgan fingerprint density at radius 2 is 2.33 bits per heavy atom. The number of rotatable bonds is 1. The summed E-state index contributed by atoms with van der Waals surface area (Å²) < 4.78 is 0.783. The van der Waals surface area contributed by atoms with Gasteiger partial charge in [0.25, 0.3) is 5.91 Å². The van der Waals surface area contributed by atoms with E-state index in [0.717, 1.165) is 4.47 Å². The molecule has 1 aromatic heterocycles. The molecule has 0 aromatic carbocycles. The van der Waals surface area contributed by atoms with E-state index < -0.39 is 0 Å². The predicted molar refractivity (Wildman–Crippen MR) is 56.9 cm³/mol. The van der Waals surface area contributed by atoms with E-state index in [-0.39, 0.29) is 11.8 Å². The van der Waals surface area contributed by atoms with E-state index in [4.69, 9.17) is 5.26 Å². The number of likely N-dealkylation sites (tertiary alicyclic amines) is 1. The Morgan fingerprint density at radius 3 is 2.93 bits per heavy atom. The summed E-state index contributed by atoms with van der Waals surface area (Å²) in [6.07, 6.45) is 3.16. The van der Waals surface area contributed by atoms with Crippen molar-refractivity contribution in [3.8, 4) is 6.07 Å². The van der Waals surface area contributed by atoms with Crippen molar-refractivity contribution in [3.05, 3.63) is 28.5 Å². The van der Waals surface area contributed by atoms with Gasteiger partial charge in [-0.05, 0) is 22.0 Å². The smallest absolute Gasteiger partial charge is 0.255 e. The van der Waals surface area contributed by atoms with Crippen LogP contribution < -0.4 is 0 Å². The fraction of sp³-hybridized carbons (Fsp3) is 0.300. The lowest BCUT2D eigenvalue weighted by Gasteiger charge is -2.35. The van der Waals surface area contributed by atoms with Crippen molar-refractivity contribution in [1.82, 2.24) is 9.88 Å². The van der Waals surface area contributed by atoms with Gasteiger partial charge in [0, 0.05) is 30.0 Å². The van der Waals surface area contributed by atoms with E-state index in [1.807, 2.05) is 0 Å². The van der Waals surface area contributed by atoms with Crippen molar-refractivity contribution in [1.29, 1.82) is 5.26 Å². The van der Waals surface area contributed by atoms with Gasteiger partial charge in [-0.15, -0.1) is 0 Å². The number of nitriles is 1. The minimum Gasteiger partial charge on any atom is -0.336 e. The lowest BCUT2D eigenvalue weighted by molar-refractivity contribution is 0.0577. The molecule has 2 heterocycles. The standard InChI is InChI=1S/C10H8BrN3O/c11-9-1-8(3-13-4-9)10(15)14-5-7(2-12)6-14/h1,3-4,7H,5-6H2. The lowest BCUT2D eigenvalue weighted by atomic mass is 10.0. The topological polar surface area (TPSA) is 57.0 Å². The molecule has 1 aliphatic rings. The third kappa shape index (κ3) is 2.00. The monoisotopic (exact) mass is 265 g/mol. The highest BCUT2D eigenvalue weighted by Gasteiger charge is 2.31. The fourth-order valence-corrected chi connectivity index (χ4v) is 1.80. The van der Waals surface area contributed by atoms with E-state index in [0.29, 0.717) is 18.7 Å². The summed E-state index contributed by atoms with van der Waals surface area (Å²) in [6.45, 7) is 1.06. The van der Waals surface area contributed by atoms with E-state index in [2.05, 4.69) is 27.0 Å². The van der Waals surface area contributed by atoms with Gasteiger partial charge in [-0.25, -0.2) is 0 Å². The maximum atomic E-state index is 11.8. The van der Waals surface area contributed by atoms with Crippen molar-refractivity contribution in [2.45, 2.75) is 0 Å². The molecule has 0 radical (unpaired) electrons. The normalized spacial score (nSPS) is 15.6. The molecule has 15 heavy (non-hydrogen) atoms. The summed E-state index contributed by atoms with van der Waals surface area (Å²) in [5.41, 5.74) is 0.556. The van der Waals surface area contributed by atoms with Gasteiger partial charge in [0.05, 0.1) is 17.6 Å². The second-order valence-electron chi connectivity index (χ2n) is 3.43. The molecular formula is C10H8BrN3O. The summed E-state index contributed by atoms with van der Waals surface area (Å²) in [5.74, 6) is -0.0654. The summed E-state index contributed by atoms with van der Waals surface area (Å²) in [7, 11) is 0. The van der Waals surface area contributed by atoms with Crippen molar-refractivity contribution in [3.63, 3.8) is 0 Å². The molecule has 0 spiro atoms. The molecular weight excluding hydrogens is 258 g/mol. The molecule has 2 rings (SSSR count). The number of nitrogens with zero attached hydrogens (tertiary/aromatic N) is 3. The number of pyridine rings is 1. The molecule has 1 fully saturated rings. The molecule has 0 unspecified atom stereocenters. The zero-order chi connectivity index (χ0) is 10.8. The van der Waals surface area contributed by atoms with Crippen LogP contribution in [0.5, 0.6) is 0 Å². The van der Waals surface area contributed by atoms with Crippen LogP contribution in [0.25, 0.3) is 0 Å². The fourth-order valence-electron chi connectivity index (χ4n) is 1.44. The molecule has 1 amide bonds. The van der Waals surface area contributed by atoms with Crippen molar-refractivity contribution in [2.24, 2.45) is 5.92 Å². The summed E-state index contributed by atoms with van der Waals surface area (Å²) in [4.78, 5) is 17.4. The average Bonchev–Trinajstić information content (AvgIpc) is 2.16. The third-order valence-electron chi connectivity index (χ3n) is 2.30. The van der Waals surface area contributed by atoms with Gasteiger partial charge < -0.3 is 4.90 Å². The van der Waals surface area contributed by atoms with Crippen LogP contribution in [0, 0.1) is 17.2 Å². The number of halogens is 1. The Balaban J connectivity index is 2.07. The molecule has 0 bridgehead atoms. The Bertz CT molecular complexity index is 435. The zero-order valence-electron chi connectivity index (χ0n) is 7.85. The first-order valence-corrected chi connectivity index (χ1v) is 5.29. The van der Waals surface area contributed by atoms with Crippen LogP contribution >= 0.6 is 15.9 Å². The Kier molecular flexibility index (Phi) is 2.69.